The molecule has 5 heteroatoms. The molecule has 94 valence electrons. The van der Waals surface area contributed by atoms with Crippen LogP contribution in [0.15, 0.2) is 54.9 Å². The fourth-order valence-corrected chi connectivity index (χ4v) is 1.77. The van der Waals surface area contributed by atoms with Gasteiger partial charge in [0.2, 0.25) is 0 Å². The first-order valence-electron chi connectivity index (χ1n) is 5.99. The van der Waals surface area contributed by atoms with Crippen molar-refractivity contribution in [2.24, 2.45) is 0 Å². The van der Waals surface area contributed by atoms with E-state index in [1.165, 1.54) is 5.56 Å². The topological polar surface area (TPSA) is 55.6 Å². The van der Waals surface area contributed by atoms with Crippen LogP contribution in [0.5, 0.6) is 0 Å². The van der Waals surface area contributed by atoms with Crippen LogP contribution < -0.4 is 5.32 Å². The number of anilines is 2. The van der Waals surface area contributed by atoms with Crippen molar-refractivity contribution >= 4 is 11.5 Å². The van der Waals surface area contributed by atoms with Gasteiger partial charge in [0.1, 0.15) is 0 Å². The standard InChI is InChI=1S/C14H13N5/c1-11-5-2-3-6-12(11)16-13-7-8-14(18-17-13)19-10-4-9-15-19/h2-10H,1H3,(H,16,17). The van der Waals surface area contributed by atoms with Crippen LogP contribution in [0.2, 0.25) is 0 Å². The van der Waals surface area contributed by atoms with Crippen LogP contribution in [0.1, 0.15) is 5.56 Å². The molecule has 5 nitrogen and oxygen atoms in total. The largest absolute Gasteiger partial charge is 0.339 e. The average Bonchev–Trinajstić information content (AvgIpc) is 2.96. The van der Waals surface area contributed by atoms with Gasteiger partial charge in [-0.25, -0.2) is 4.68 Å². The highest BCUT2D eigenvalue weighted by molar-refractivity contribution is 5.59. The Morgan fingerprint density at radius 1 is 1.00 bits per heavy atom. The van der Waals surface area contributed by atoms with Crippen LogP contribution in [0.3, 0.4) is 0 Å². The fraction of sp³-hybridized carbons (Fsp3) is 0.0714. The van der Waals surface area contributed by atoms with Gasteiger partial charge >= 0.3 is 0 Å². The molecule has 0 spiro atoms. The summed E-state index contributed by atoms with van der Waals surface area (Å²) in [6.07, 6.45) is 3.54. The van der Waals surface area contributed by atoms with Crippen LogP contribution in [0, 0.1) is 6.92 Å². The average molecular weight is 251 g/mol. The van der Waals surface area contributed by atoms with Gasteiger partial charge in [-0.1, -0.05) is 18.2 Å². The molecule has 0 aliphatic rings. The second-order valence-corrected chi connectivity index (χ2v) is 4.17. The summed E-state index contributed by atoms with van der Waals surface area (Å²) in [7, 11) is 0. The minimum atomic E-state index is 0.695. The Morgan fingerprint density at radius 3 is 2.58 bits per heavy atom. The molecule has 0 amide bonds. The van der Waals surface area contributed by atoms with E-state index >= 15 is 0 Å². The molecule has 0 unspecified atom stereocenters. The van der Waals surface area contributed by atoms with Gasteiger partial charge in [-0.15, -0.1) is 10.2 Å². The van der Waals surface area contributed by atoms with Crippen molar-refractivity contribution in [3.8, 4) is 5.82 Å². The van der Waals surface area contributed by atoms with Gasteiger partial charge in [-0.05, 0) is 36.8 Å². The van der Waals surface area contributed by atoms with Crippen LogP contribution >= 0.6 is 0 Å². The lowest BCUT2D eigenvalue weighted by Crippen LogP contribution is -2.02. The molecule has 19 heavy (non-hydrogen) atoms. The molecule has 0 saturated carbocycles. The van der Waals surface area contributed by atoms with Crippen LogP contribution in [0.4, 0.5) is 11.5 Å². The minimum absolute atomic E-state index is 0.695. The number of aryl methyl sites for hydroxylation is 1. The first kappa shape index (κ1) is 11.4. The Balaban J connectivity index is 1.82. The number of rotatable bonds is 3. The molecule has 0 aliphatic heterocycles. The maximum atomic E-state index is 4.15. The molecule has 0 radical (unpaired) electrons. The molecule has 0 atom stereocenters. The summed E-state index contributed by atoms with van der Waals surface area (Å²) in [5.74, 6) is 1.41. The van der Waals surface area contributed by atoms with Gasteiger partial charge < -0.3 is 5.32 Å². The number of benzene rings is 1. The highest BCUT2D eigenvalue weighted by atomic mass is 15.3. The highest BCUT2D eigenvalue weighted by Crippen LogP contribution is 2.18. The lowest BCUT2D eigenvalue weighted by molar-refractivity contribution is 0.816. The van der Waals surface area contributed by atoms with Crippen LogP contribution in [0.25, 0.3) is 5.82 Å². The molecule has 3 aromatic rings. The molecule has 2 heterocycles. The Kier molecular flexibility index (Phi) is 2.94. The van der Waals surface area contributed by atoms with E-state index in [9.17, 15) is 0 Å². The normalized spacial score (nSPS) is 10.4. The van der Waals surface area contributed by atoms with Gasteiger partial charge in [0.15, 0.2) is 11.6 Å². The fourth-order valence-electron chi connectivity index (χ4n) is 1.77. The van der Waals surface area contributed by atoms with Gasteiger partial charge in [-0.2, -0.15) is 5.10 Å². The zero-order chi connectivity index (χ0) is 13.1. The molecule has 0 saturated heterocycles. The zero-order valence-corrected chi connectivity index (χ0v) is 10.5. The van der Waals surface area contributed by atoms with Crippen molar-refractivity contribution in [1.82, 2.24) is 20.0 Å². The molecule has 3 rings (SSSR count). The molecule has 1 N–H and O–H groups in total. The summed E-state index contributed by atoms with van der Waals surface area (Å²) in [5, 5.41) is 15.6. The molecule has 0 fully saturated rings. The van der Waals surface area contributed by atoms with Gasteiger partial charge in [0.25, 0.3) is 0 Å². The van der Waals surface area contributed by atoms with E-state index in [1.807, 2.05) is 55.6 Å². The van der Waals surface area contributed by atoms with E-state index in [-0.39, 0.29) is 0 Å². The van der Waals surface area contributed by atoms with E-state index in [1.54, 1.807) is 10.9 Å². The second-order valence-electron chi connectivity index (χ2n) is 4.17. The van der Waals surface area contributed by atoms with E-state index in [0.717, 1.165) is 5.69 Å². The third-order valence-electron chi connectivity index (χ3n) is 2.80. The van der Waals surface area contributed by atoms with Gasteiger partial charge in [-0.3, -0.25) is 0 Å². The predicted octanol–water partition coefficient (Wildman–Crippen LogP) is 2.71. The lowest BCUT2D eigenvalue weighted by Gasteiger charge is -2.08. The maximum absolute atomic E-state index is 4.15. The maximum Gasteiger partial charge on any atom is 0.175 e. The molecular formula is C14H13N5. The summed E-state index contributed by atoms with van der Waals surface area (Å²) in [6.45, 7) is 2.05. The summed E-state index contributed by atoms with van der Waals surface area (Å²) in [6, 6.07) is 13.7. The molecule has 0 aliphatic carbocycles. The molecule has 0 bridgehead atoms. The third kappa shape index (κ3) is 2.44. The first-order chi connectivity index (χ1) is 9.33. The van der Waals surface area contributed by atoms with Gasteiger partial charge in [0.05, 0.1) is 0 Å². The Morgan fingerprint density at radius 2 is 1.89 bits per heavy atom. The number of nitrogens with zero attached hydrogens (tertiary/aromatic N) is 4. The van der Waals surface area contributed by atoms with Gasteiger partial charge in [0, 0.05) is 18.1 Å². The molecule has 2 aromatic heterocycles. The van der Waals surface area contributed by atoms with Crippen molar-refractivity contribution in [3.63, 3.8) is 0 Å². The number of aromatic nitrogens is 4. The smallest absolute Gasteiger partial charge is 0.175 e. The van der Waals surface area contributed by atoms with Crippen molar-refractivity contribution in [2.45, 2.75) is 6.92 Å². The van der Waals surface area contributed by atoms with E-state index in [2.05, 4.69) is 20.6 Å². The van der Waals surface area contributed by atoms with E-state index in [0.29, 0.717) is 11.6 Å². The quantitative estimate of drug-likeness (QED) is 0.777. The monoisotopic (exact) mass is 251 g/mol. The highest BCUT2D eigenvalue weighted by Gasteiger charge is 2.02. The Bertz CT molecular complexity index is 659. The molecule has 1 aromatic carbocycles. The van der Waals surface area contributed by atoms with Crippen molar-refractivity contribution in [3.05, 3.63) is 60.4 Å². The van der Waals surface area contributed by atoms with E-state index in [4.69, 9.17) is 0 Å². The molecular weight excluding hydrogens is 238 g/mol. The van der Waals surface area contributed by atoms with Crippen LogP contribution in [-0.2, 0) is 0 Å². The predicted molar refractivity (Wildman–Crippen MR) is 73.6 cm³/mol. The summed E-state index contributed by atoms with van der Waals surface area (Å²) in [5.41, 5.74) is 2.20. The van der Waals surface area contributed by atoms with Crippen molar-refractivity contribution in [1.29, 1.82) is 0 Å². The lowest BCUT2D eigenvalue weighted by atomic mass is 10.2. The Labute approximate surface area is 110 Å². The summed E-state index contributed by atoms with van der Waals surface area (Å²) >= 11 is 0. The van der Waals surface area contributed by atoms with E-state index < -0.39 is 0 Å². The number of nitrogens with one attached hydrogen (secondary N) is 1. The SMILES string of the molecule is Cc1ccccc1Nc1ccc(-n2cccn2)nn1. The van der Waals surface area contributed by atoms with Crippen molar-refractivity contribution < 1.29 is 0 Å². The Hall–Kier alpha value is -2.69. The summed E-state index contributed by atoms with van der Waals surface area (Å²) < 4.78 is 1.67. The van der Waals surface area contributed by atoms with Crippen LogP contribution in [-0.4, -0.2) is 20.0 Å². The van der Waals surface area contributed by atoms with Crippen molar-refractivity contribution in [2.75, 3.05) is 5.32 Å². The zero-order valence-electron chi connectivity index (χ0n) is 10.5. The number of para-hydroxylation sites is 1. The minimum Gasteiger partial charge on any atom is -0.339 e. The summed E-state index contributed by atoms with van der Waals surface area (Å²) in [4.78, 5) is 0. The number of hydrogen-bond donors (Lipinski definition) is 1. The third-order valence-corrected chi connectivity index (χ3v) is 2.80. The second kappa shape index (κ2) is 4.89. The first-order valence-corrected chi connectivity index (χ1v) is 5.99. The number of hydrogen-bond acceptors (Lipinski definition) is 4.